The molecule has 24 heavy (non-hydrogen) atoms. The maximum atomic E-state index is 12.3. The number of benzene rings is 1. The highest BCUT2D eigenvalue weighted by atomic mass is 16.5. The molecule has 0 spiro atoms. The number of ether oxygens (including phenoxy) is 3. The second-order valence-electron chi connectivity index (χ2n) is 5.64. The molecule has 1 aromatic heterocycles. The van der Waals surface area contributed by atoms with Crippen LogP contribution in [0.2, 0.25) is 0 Å². The highest BCUT2D eigenvalue weighted by molar-refractivity contribution is 6.03. The molecular formula is C17H22N2O5. The molecule has 0 bridgehead atoms. The highest BCUT2D eigenvalue weighted by Crippen LogP contribution is 2.40. The zero-order valence-electron chi connectivity index (χ0n) is 14.5. The molecule has 0 saturated carbocycles. The van der Waals surface area contributed by atoms with Crippen molar-refractivity contribution in [2.24, 2.45) is 5.92 Å². The summed E-state index contributed by atoms with van der Waals surface area (Å²) in [7, 11) is 4.54. The van der Waals surface area contributed by atoms with Gasteiger partial charge in [-0.1, -0.05) is 19.0 Å². The van der Waals surface area contributed by atoms with Crippen molar-refractivity contribution >= 4 is 11.6 Å². The number of methoxy groups -OCH3 is 3. The Bertz CT molecular complexity index is 684. The van der Waals surface area contributed by atoms with Gasteiger partial charge in [-0.15, -0.1) is 0 Å². The number of rotatable bonds is 7. The fourth-order valence-corrected chi connectivity index (χ4v) is 2.27. The number of carbonyl (C=O) groups excluding carboxylic acids is 1. The summed E-state index contributed by atoms with van der Waals surface area (Å²) < 4.78 is 21.0. The first kappa shape index (κ1) is 17.7. The van der Waals surface area contributed by atoms with Crippen LogP contribution in [0, 0.1) is 5.92 Å². The van der Waals surface area contributed by atoms with Gasteiger partial charge in [0.05, 0.1) is 21.3 Å². The predicted octanol–water partition coefficient (Wildman–Crippen LogP) is 3.15. The fraction of sp³-hybridized carbons (Fsp3) is 0.412. The van der Waals surface area contributed by atoms with Crippen LogP contribution in [0.4, 0.5) is 5.69 Å². The number of carbonyl (C=O) groups is 1. The Morgan fingerprint density at radius 3 is 2.25 bits per heavy atom. The lowest BCUT2D eigenvalue weighted by Crippen LogP contribution is -2.12. The maximum Gasteiger partial charge on any atom is 0.277 e. The molecule has 1 amide bonds. The van der Waals surface area contributed by atoms with Gasteiger partial charge in [-0.3, -0.25) is 4.79 Å². The number of anilines is 1. The number of nitrogens with zero attached hydrogens (tertiary/aromatic N) is 1. The SMILES string of the molecule is COc1cc(NC(=O)c2cc(CC(C)C)on2)cc(OC)c1OC. The molecule has 0 aliphatic rings. The molecular weight excluding hydrogens is 312 g/mol. The van der Waals surface area contributed by atoms with E-state index in [9.17, 15) is 4.79 Å². The normalized spacial score (nSPS) is 10.6. The van der Waals surface area contributed by atoms with Crippen LogP contribution < -0.4 is 19.5 Å². The summed E-state index contributed by atoms with van der Waals surface area (Å²) >= 11 is 0. The lowest BCUT2D eigenvalue weighted by molar-refractivity contribution is 0.101. The molecule has 0 aliphatic carbocycles. The van der Waals surface area contributed by atoms with Gasteiger partial charge in [0.15, 0.2) is 17.2 Å². The molecule has 1 N–H and O–H groups in total. The average Bonchev–Trinajstić information content (AvgIpc) is 3.01. The van der Waals surface area contributed by atoms with Crippen molar-refractivity contribution < 1.29 is 23.5 Å². The summed E-state index contributed by atoms with van der Waals surface area (Å²) in [6.07, 6.45) is 0.727. The Hall–Kier alpha value is -2.70. The van der Waals surface area contributed by atoms with Gasteiger partial charge in [-0.05, 0) is 5.92 Å². The predicted molar refractivity (Wildman–Crippen MR) is 89.1 cm³/mol. The minimum atomic E-state index is -0.372. The zero-order valence-corrected chi connectivity index (χ0v) is 14.5. The number of hydrogen-bond donors (Lipinski definition) is 1. The van der Waals surface area contributed by atoms with E-state index < -0.39 is 0 Å². The summed E-state index contributed by atoms with van der Waals surface area (Å²) in [5, 5.41) is 6.56. The quantitative estimate of drug-likeness (QED) is 0.837. The van der Waals surface area contributed by atoms with Crippen LogP contribution in [-0.4, -0.2) is 32.4 Å². The van der Waals surface area contributed by atoms with Crippen LogP contribution in [-0.2, 0) is 6.42 Å². The van der Waals surface area contributed by atoms with E-state index in [2.05, 4.69) is 24.3 Å². The van der Waals surface area contributed by atoms with Crippen LogP contribution >= 0.6 is 0 Å². The summed E-state index contributed by atoms with van der Waals surface area (Å²) in [6.45, 7) is 4.14. The fourth-order valence-electron chi connectivity index (χ4n) is 2.27. The molecule has 0 fully saturated rings. The molecule has 0 atom stereocenters. The molecule has 130 valence electrons. The maximum absolute atomic E-state index is 12.3. The zero-order chi connectivity index (χ0) is 17.7. The third-order valence-electron chi connectivity index (χ3n) is 3.32. The van der Waals surface area contributed by atoms with E-state index in [-0.39, 0.29) is 11.6 Å². The molecule has 7 heteroatoms. The molecule has 0 radical (unpaired) electrons. The van der Waals surface area contributed by atoms with Crippen molar-refractivity contribution in [3.8, 4) is 17.2 Å². The van der Waals surface area contributed by atoms with E-state index in [0.717, 1.165) is 6.42 Å². The van der Waals surface area contributed by atoms with Crippen molar-refractivity contribution in [1.82, 2.24) is 5.16 Å². The third-order valence-corrected chi connectivity index (χ3v) is 3.32. The Labute approximate surface area is 140 Å². The number of aromatic nitrogens is 1. The number of amides is 1. The smallest absolute Gasteiger partial charge is 0.277 e. The van der Waals surface area contributed by atoms with Crippen LogP contribution in [0.5, 0.6) is 17.2 Å². The molecule has 1 heterocycles. The van der Waals surface area contributed by atoms with Gasteiger partial charge in [0.2, 0.25) is 5.75 Å². The van der Waals surface area contributed by atoms with Crippen LogP contribution in [0.15, 0.2) is 22.7 Å². The van der Waals surface area contributed by atoms with E-state index >= 15 is 0 Å². The van der Waals surface area contributed by atoms with Gasteiger partial charge in [-0.25, -0.2) is 0 Å². The molecule has 7 nitrogen and oxygen atoms in total. The summed E-state index contributed by atoms with van der Waals surface area (Å²) in [6, 6.07) is 4.94. The minimum absolute atomic E-state index is 0.222. The Morgan fingerprint density at radius 2 is 1.75 bits per heavy atom. The van der Waals surface area contributed by atoms with E-state index in [1.54, 1.807) is 18.2 Å². The van der Waals surface area contributed by atoms with Gasteiger partial charge >= 0.3 is 0 Å². The van der Waals surface area contributed by atoms with Crippen LogP contribution in [0.1, 0.15) is 30.1 Å². The van der Waals surface area contributed by atoms with Gasteiger partial charge in [0.25, 0.3) is 5.91 Å². The van der Waals surface area contributed by atoms with Crippen molar-refractivity contribution in [2.75, 3.05) is 26.6 Å². The van der Waals surface area contributed by atoms with Crippen molar-refractivity contribution in [1.29, 1.82) is 0 Å². The Balaban J connectivity index is 2.20. The van der Waals surface area contributed by atoms with E-state index in [1.807, 2.05) is 0 Å². The molecule has 2 aromatic rings. The molecule has 2 rings (SSSR count). The average molecular weight is 334 g/mol. The number of hydrogen-bond acceptors (Lipinski definition) is 6. The van der Waals surface area contributed by atoms with Crippen molar-refractivity contribution in [3.63, 3.8) is 0 Å². The van der Waals surface area contributed by atoms with Gasteiger partial charge in [0.1, 0.15) is 5.76 Å². The minimum Gasteiger partial charge on any atom is -0.493 e. The molecule has 0 unspecified atom stereocenters. The monoisotopic (exact) mass is 334 g/mol. The molecule has 1 aromatic carbocycles. The van der Waals surface area contributed by atoms with E-state index in [1.165, 1.54) is 21.3 Å². The summed E-state index contributed by atoms with van der Waals surface area (Å²) in [4.78, 5) is 12.3. The van der Waals surface area contributed by atoms with Gasteiger partial charge in [0, 0.05) is 30.3 Å². The largest absolute Gasteiger partial charge is 0.493 e. The first-order valence-corrected chi connectivity index (χ1v) is 7.55. The van der Waals surface area contributed by atoms with Crippen molar-refractivity contribution in [2.45, 2.75) is 20.3 Å². The third kappa shape index (κ3) is 3.98. The highest BCUT2D eigenvalue weighted by Gasteiger charge is 2.17. The van der Waals surface area contributed by atoms with E-state index in [4.69, 9.17) is 18.7 Å². The molecule has 0 aliphatic heterocycles. The van der Waals surface area contributed by atoms with Crippen LogP contribution in [0.3, 0.4) is 0 Å². The second-order valence-corrected chi connectivity index (χ2v) is 5.64. The first-order valence-electron chi connectivity index (χ1n) is 7.55. The summed E-state index contributed by atoms with van der Waals surface area (Å²) in [5.74, 6) is 2.09. The lowest BCUT2D eigenvalue weighted by atomic mass is 10.1. The second kappa shape index (κ2) is 7.72. The standard InChI is InChI=1S/C17H22N2O5/c1-10(2)6-12-9-13(19-24-12)17(20)18-11-7-14(21-3)16(23-5)15(8-11)22-4/h7-10H,6H2,1-5H3,(H,18,20). The van der Waals surface area contributed by atoms with Crippen LogP contribution in [0.25, 0.3) is 0 Å². The Kier molecular flexibility index (Phi) is 5.68. The van der Waals surface area contributed by atoms with E-state index in [0.29, 0.717) is 34.6 Å². The Morgan fingerprint density at radius 1 is 1.12 bits per heavy atom. The topological polar surface area (TPSA) is 82.8 Å². The first-order chi connectivity index (χ1) is 11.5. The number of nitrogens with one attached hydrogen (secondary N) is 1. The molecule has 0 saturated heterocycles. The van der Waals surface area contributed by atoms with Gasteiger partial charge in [-0.2, -0.15) is 0 Å². The van der Waals surface area contributed by atoms with Crippen molar-refractivity contribution in [3.05, 3.63) is 29.7 Å². The van der Waals surface area contributed by atoms with Gasteiger partial charge < -0.3 is 24.1 Å². The summed E-state index contributed by atoms with van der Waals surface area (Å²) in [5.41, 5.74) is 0.724. The lowest BCUT2D eigenvalue weighted by Gasteiger charge is -2.14.